The van der Waals surface area contributed by atoms with Crippen LogP contribution in [0.25, 0.3) is 0 Å². The van der Waals surface area contributed by atoms with Gasteiger partial charge in [0.15, 0.2) is 0 Å². The molecule has 3 heteroatoms. The summed E-state index contributed by atoms with van der Waals surface area (Å²) in [6, 6.07) is 0. The molecule has 1 atom stereocenters. The molecule has 0 fully saturated rings. The van der Waals surface area contributed by atoms with Crippen LogP contribution in [0.4, 0.5) is 0 Å². The molecule has 0 bridgehead atoms. The summed E-state index contributed by atoms with van der Waals surface area (Å²) in [5, 5.41) is 18.7. The van der Waals surface area contributed by atoms with Crippen molar-refractivity contribution < 1.29 is 15.0 Å². The zero-order chi connectivity index (χ0) is 22.8. The van der Waals surface area contributed by atoms with E-state index in [1.54, 1.807) is 0 Å². The molecule has 0 aliphatic heterocycles. The minimum Gasteiger partial charge on any atom is -0.481 e. The molecule has 0 spiro atoms. The van der Waals surface area contributed by atoms with Crippen molar-refractivity contribution in [1.29, 1.82) is 0 Å². The molecule has 3 nitrogen and oxygen atoms in total. The summed E-state index contributed by atoms with van der Waals surface area (Å²) in [5.41, 5.74) is 0. The van der Waals surface area contributed by atoms with E-state index in [-0.39, 0.29) is 6.10 Å². The lowest BCUT2D eigenvalue weighted by atomic mass is 10.0. The molecule has 0 aromatic rings. The Balaban J connectivity index is 3.15. The topological polar surface area (TPSA) is 57.5 Å². The molecule has 31 heavy (non-hydrogen) atoms. The highest BCUT2D eigenvalue weighted by Crippen LogP contribution is 2.16. The first-order chi connectivity index (χ1) is 15.2. The normalized spacial score (nSPS) is 12.3. The van der Waals surface area contributed by atoms with Crippen molar-refractivity contribution in [2.24, 2.45) is 0 Å². The lowest BCUT2D eigenvalue weighted by Gasteiger charge is -2.10. The monoisotopic (exact) mass is 440 g/mol. The quantitative estimate of drug-likeness (QED) is 0.132. The van der Waals surface area contributed by atoms with E-state index in [1.165, 1.54) is 122 Å². The van der Waals surface area contributed by atoms with E-state index < -0.39 is 5.97 Å². The summed E-state index contributed by atoms with van der Waals surface area (Å²) in [6.07, 6.45) is 30.7. The number of hydrogen-bond acceptors (Lipinski definition) is 2. The molecule has 0 saturated heterocycles. The Labute approximate surface area is 194 Å². The van der Waals surface area contributed by atoms with Crippen molar-refractivity contribution in [3.8, 4) is 0 Å². The van der Waals surface area contributed by atoms with Gasteiger partial charge in [-0.2, -0.15) is 0 Å². The van der Waals surface area contributed by atoms with Gasteiger partial charge in [0.2, 0.25) is 0 Å². The van der Waals surface area contributed by atoms with Gasteiger partial charge in [0.05, 0.1) is 6.10 Å². The first-order valence-corrected chi connectivity index (χ1v) is 14.1. The maximum Gasteiger partial charge on any atom is 0.303 e. The summed E-state index contributed by atoms with van der Waals surface area (Å²) in [7, 11) is 0. The fourth-order valence-electron chi connectivity index (χ4n) is 4.44. The van der Waals surface area contributed by atoms with Crippen LogP contribution in [0.2, 0.25) is 0 Å². The number of carboxylic acid groups (broad SMARTS) is 1. The number of carboxylic acids is 1. The zero-order valence-electron chi connectivity index (χ0n) is 21.1. The molecule has 0 amide bonds. The van der Waals surface area contributed by atoms with Gasteiger partial charge in [0, 0.05) is 6.42 Å². The highest BCUT2D eigenvalue weighted by Gasteiger charge is 2.04. The third-order valence-corrected chi connectivity index (χ3v) is 6.57. The van der Waals surface area contributed by atoms with Crippen molar-refractivity contribution in [2.75, 3.05) is 0 Å². The molecule has 0 radical (unpaired) electrons. The van der Waals surface area contributed by atoms with Crippen LogP contribution in [0.3, 0.4) is 0 Å². The predicted molar refractivity (Wildman–Crippen MR) is 135 cm³/mol. The number of aliphatic hydroxyl groups excluding tert-OH is 1. The molecule has 1 unspecified atom stereocenters. The Morgan fingerprint density at radius 2 is 0.806 bits per heavy atom. The van der Waals surface area contributed by atoms with Gasteiger partial charge in [-0.05, 0) is 19.3 Å². The summed E-state index contributed by atoms with van der Waals surface area (Å²) >= 11 is 0. The summed E-state index contributed by atoms with van der Waals surface area (Å²) < 4.78 is 0. The average Bonchev–Trinajstić information content (AvgIpc) is 2.75. The van der Waals surface area contributed by atoms with E-state index >= 15 is 0 Å². The highest BCUT2D eigenvalue weighted by molar-refractivity contribution is 5.66. The third-order valence-electron chi connectivity index (χ3n) is 6.57. The van der Waals surface area contributed by atoms with E-state index in [0.717, 1.165) is 32.1 Å². The van der Waals surface area contributed by atoms with Crippen molar-refractivity contribution in [2.45, 2.75) is 174 Å². The Morgan fingerprint density at radius 1 is 0.516 bits per heavy atom. The second-order valence-electron chi connectivity index (χ2n) is 9.80. The predicted octanol–water partition coefficient (Wildman–Crippen LogP) is 9.20. The van der Waals surface area contributed by atoms with Crippen molar-refractivity contribution in [3.05, 3.63) is 0 Å². The molecule has 0 aromatic heterocycles. The Bertz CT molecular complexity index is 356. The fraction of sp³-hybridized carbons (Fsp3) is 0.964. The van der Waals surface area contributed by atoms with Gasteiger partial charge >= 0.3 is 5.97 Å². The summed E-state index contributed by atoms with van der Waals surface area (Å²) in [6.45, 7) is 2.28. The molecule has 0 aliphatic carbocycles. The Hall–Kier alpha value is -0.570. The second kappa shape index (κ2) is 25.7. The average molecular weight is 441 g/mol. The van der Waals surface area contributed by atoms with Crippen LogP contribution in [-0.2, 0) is 4.79 Å². The molecule has 0 aromatic carbocycles. The standard InChI is InChI=1S/C28H56O3/c1-2-3-4-5-6-7-8-9-10-12-15-18-21-24-27(29)25-22-19-16-13-11-14-17-20-23-26-28(30)31/h27,29H,2-26H2,1H3,(H,30,31). The number of hydrogen-bond donors (Lipinski definition) is 2. The van der Waals surface area contributed by atoms with Gasteiger partial charge in [0.1, 0.15) is 0 Å². The number of aliphatic carboxylic acids is 1. The minimum absolute atomic E-state index is 0.0815. The van der Waals surface area contributed by atoms with Gasteiger partial charge in [0.25, 0.3) is 0 Å². The number of carbonyl (C=O) groups is 1. The number of unbranched alkanes of at least 4 members (excludes halogenated alkanes) is 20. The zero-order valence-corrected chi connectivity index (χ0v) is 21.1. The number of rotatable bonds is 26. The molecule has 0 saturated carbocycles. The van der Waals surface area contributed by atoms with E-state index in [4.69, 9.17) is 5.11 Å². The second-order valence-corrected chi connectivity index (χ2v) is 9.80. The van der Waals surface area contributed by atoms with E-state index in [1.807, 2.05) is 0 Å². The molecular formula is C28H56O3. The van der Waals surface area contributed by atoms with E-state index in [2.05, 4.69) is 6.92 Å². The van der Waals surface area contributed by atoms with E-state index in [9.17, 15) is 9.90 Å². The maximum absolute atomic E-state index is 10.4. The fourth-order valence-corrected chi connectivity index (χ4v) is 4.44. The lowest BCUT2D eigenvalue weighted by Crippen LogP contribution is -2.05. The van der Waals surface area contributed by atoms with Crippen LogP contribution < -0.4 is 0 Å². The van der Waals surface area contributed by atoms with Crippen molar-refractivity contribution >= 4 is 5.97 Å². The first kappa shape index (κ1) is 30.4. The van der Waals surface area contributed by atoms with Gasteiger partial charge < -0.3 is 10.2 Å². The molecule has 0 rings (SSSR count). The van der Waals surface area contributed by atoms with E-state index in [0.29, 0.717) is 6.42 Å². The van der Waals surface area contributed by atoms with Crippen molar-refractivity contribution in [3.63, 3.8) is 0 Å². The van der Waals surface area contributed by atoms with Crippen molar-refractivity contribution in [1.82, 2.24) is 0 Å². The SMILES string of the molecule is CCCCCCCCCCCCCCCC(O)CCCCCCCCCCCC(=O)O. The molecular weight excluding hydrogens is 384 g/mol. The van der Waals surface area contributed by atoms with Gasteiger partial charge in [-0.1, -0.05) is 142 Å². The largest absolute Gasteiger partial charge is 0.481 e. The first-order valence-electron chi connectivity index (χ1n) is 14.1. The van der Waals surface area contributed by atoms with Crippen LogP contribution >= 0.6 is 0 Å². The lowest BCUT2D eigenvalue weighted by molar-refractivity contribution is -0.137. The molecule has 0 heterocycles. The molecule has 2 N–H and O–H groups in total. The van der Waals surface area contributed by atoms with Crippen LogP contribution in [0.1, 0.15) is 167 Å². The van der Waals surface area contributed by atoms with Crippen LogP contribution in [0.15, 0.2) is 0 Å². The molecule has 0 aliphatic rings. The van der Waals surface area contributed by atoms with Gasteiger partial charge in [-0.15, -0.1) is 0 Å². The molecule has 186 valence electrons. The minimum atomic E-state index is -0.670. The summed E-state index contributed by atoms with van der Waals surface area (Å²) in [5.74, 6) is -0.670. The van der Waals surface area contributed by atoms with Gasteiger partial charge in [-0.3, -0.25) is 4.79 Å². The Kier molecular flexibility index (Phi) is 25.2. The maximum atomic E-state index is 10.4. The summed E-state index contributed by atoms with van der Waals surface area (Å²) in [4.78, 5) is 10.4. The smallest absolute Gasteiger partial charge is 0.303 e. The number of aliphatic hydroxyl groups is 1. The van der Waals surface area contributed by atoms with Gasteiger partial charge in [-0.25, -0.2) is 0 Å². The Morgan fingerprint density at radius 3 is 1.13 bits per heavy atom. The van der Waals surface area contributed by atoms with Crippen LogP contribution in [0.5, 0.6) is 0 Å². The highest BCUT2D eigenvalue weighted by atomic mass is 16.4. The van der Waals surface area contributed by atoms with Crippen LogP contribution in [-0.4, -0.2) is 22.3 Å². The van der Waals surface area contributed by atoms with Crippen LogP contribution in [0, 0.1) is 0 Å². The third kappa shape index (κ3) is 27.4.